The van der Waals surface area contributed by atoms with E-state index in [1.165, 1.54) is 22.3 Å². The molecular weight excluding hydrogens is 216 g/mol. The van der Waals surface area contributed by atoms with Crippen LogP contribution in [-0.4, -0.2) is 0 Å². The first-order chi connectivity index (χ1) is 8.86. The van der Waals surface area contributed by atoms with Crippen LogP contribution in [0.1, 0.15) is 18.9 Å². The predicted molar refractivity (Wildman–Crippen MR) is 80.3 cm³/mol. The Labute approximate surface area is 109 Å². The average molecular weight is 234 g/mol. The Morgan fingerprint density at radius 2 is 1.67 bits per heavy atom. The van der Waals surface area contributed by atoms with Crippen molar-refractivity contribution in [2.75, 3.05) is 0 Å². The first-order valence-corrected chi connectivity index (χ1v) is 6.34. The van der Waals surface area contributed by atoms with E-state index in [0.717, 1.165) is 6.42 Å². The summed E-state index contributed by atoms with van der Waals surface area (Å²) in [6, 6.07) is 19.0. The van der Waals surface area contributed by atoms with Crippen LogP contribution in [0, 0.1) is 0 Å². The zero-order valence-electron chi connectivity index (χ0n) is 10.8. The van der Waals surface area contributed by atoms with Gasteiger partial charge in [0.15, 0.2) is 0 Å². The second kappa shape index (κ2) is 6.02. The highest BCUT2D eigenvalue weighted by Gasteiger charge is 2.05. The molecule has 0 heteroatoms. The van der Waals surface area contributed by atoms with Crippen LogP contribution in [0.25, 0.3) is 16.7 Å². The third-order valence-electron chi connectivity index (χ3n) is 2.97. The standard InChI is InChI=1S/C18H18/c1-3-10-15(4-2)17-13-8-9-14-18(17)16-11-6-5-7-12-16/h4-14H,2-3H2,1H3/b15-10+. The van der Waals surface area contributed by atoms with E-state index in [2.05, 4.69) is 68.1 Å². The van der Waals surface area contributed by atoms with Crippen molar-refractivity contribution in [3.05, 3.63) is 78.9 Å². The molecule has 2 aromatic carbocycles. The van der Waals surface area contributed by atoms with Crippen molar-refractivity contribution in [2.45, 2.75) is 13.3 Å². The van der Waals surface area contributed by atoms with E-state index in [1.807, 2.05) is 12.1 Å². The smallest absolute Gasteiger partial charge is 0.0106 e. The molecule has 0 aliphatic rings. The van der Waals surface area contributed by atoms with Gasteiger partial charge in [-0.15, -0.1) is 0 Å². The number of hydrogen-bond donors (Lipinski definition) is 0. The van der Waals surface area contributed by atoms with Gasteiger partial charge in [-0.25, -0.2) is 0 Å². The summed E-state index contributed by atoms with van der Waals surface area (Å²) in [5.74, 6) is 0. The molecule has 0 aliphatic carbocycles. The SMILES string of the molecule is C=C/C(=C\CC)c1ccccc1-c1ccccc1. The lowest BCUT2D eigenvalue weighted by molar-refractivity contribution is 1.23. The zero-order valence-corrected chi connectivity index (χ0v) is 10.8. The minimum atomic E-state index is 1.02. The third kappa shape index (κ3) is 2.60. The first kappa shape index (κ1) is 12.4. The van der Waals surface area contributed by atoms with Gasteiger partial charge in [0.05, 0.1) is 0 Å². The molecule has 90 valence electrons. The fraction of sp³-hybridized carbons (Fsp3) is 0.111. The molecule has 2 rings (SSSR count). The maximum atomic E-state index is 3.92. The lowest BCUT2D eigenvalue weighted by atomic mass is 9.94. The van der Waals surface area contributed by atoms with E-state index in [4.69, 9.17) is 0 Å². The second-order valence-electron chi connectivity index (χ2n) is 4.18. The monoisotopic (exact) mass is 234 g/mol. The van der Waals surface area contributed by atoms with E-state index >= 15 is 0 Å². The molecule has 0 amide bonds. The van der Waals surface area contributed by atoms with Gasteiger partial charge in [-0.2, -0.15) is 0 Å². The van der Waals surface area contributed by atoms with E-state index < -0.39 is 0 Å². The summed E-state index contributed by atoms with van der Waals surface area (Å²) in [7, 11) is 0. The first-order valence-electron chi connectivity index (χ1n) is 6.34. The molecule has 0 fully saturated rings. The summed E-state index contributed by atoms with van der Waals surface area (Å²) < 4.78 is 0. The molecule has 0 bridgehead atoms. The van der Waals surface area contributed by atoms with Crippen LogP contribution < -0.4 is 0 Å². The summed E-state index contributed by atoms with van der Waals surface area (Å²) in [6.45, 7) is 6.07. The van der Waals surface area contributed by atoms with Crippen molar-refractivity contribution in [3.8, 4) is 11.1 Å². The molecule has 0 spiro atoms. The van der Waals surface area contributed by atoms with Gasteiger partial charge in [-0.3, -0.25) is 0 Å². The van der Waals surface area contributed by atoms with Gasteiger partial charge in [0, 0.05) is 0 Å². The van der Waals surface area contributed by atoms with Gasteiger partial charge >= 0.3 is 0 Å². The molecule has 0 saturated carbocycles. The van der Waals surface area contributed by atoms with Crippen LogP contribution in [0.15, 0.2) is 73.3 Å². The van der Waals surface area contributed by atoms with Crippen molar-refractivity contribution >= 4 is 5.57 Å². The summed E-state index contributed by atoms with van der Waals surface area (Å²) in [5.41, 5.74) is 4.96. The van der Waals surface area contributed by atoms with Crippen LogP contribution in [-0.2, 0) is 0 Å². The fourth-order valence-electron chi connectivity index (χ4n) is 2.13. The normalized spacial score (nSPS) is 11.3. The largest absolute Gasteiger partial charge is 0.0985 e. The lowest BCUT2D eigenvalue weighted by Crippen LogP contribution is -1.87. The minimum Gasteiger partial charge on any atom is -0.0985 e. The number of hydrogen-bond acceptors (Lipinski definition) is 0. The molecule has 18 heavy (non-hydrogen) atoms. The zero-order chi connectivity index (χ0) is 12.8. The van der Waals surface area contributed by atoms with E-state index in [0.29, 0.717) is 0 Å². The van der Waals surface area contributed by atoms with Gasteiger partial charge in [-0.05, 0) is 28.7 Å². The number of benzene rings is 2. The van der Waals surface area contributed by atoms with Crippen LogP contribution in [0.3, 0.4) is 0 Å². The molecule has 0 heterocycles. The van der Waals surface area contributed by atoms with Crippen LogP contribution in [0.5, 0.6) is 0 Å². The van der Waals surface area contributed by atoms with Crippen molar-refractivity contribution in [2.24, 2.45) is 0 Å². The number of allylic oxidation sites excluding steroid dienone is 3. The molecule has 0 aromatic heterocycles. The Hall–Kier alpha value is -2.08. The maximum Gasteiger partial charge on any atom is -0.0106 e. The Bertz CT molecular complexity index is 547. The summed E-state index contributed by atoms with van der Waals surface area (Å²) >= 11 is 0. The van der Waals surface area contributed by atoms with Gasteiger partial charge in [0.25, 0.3) is 0 Å². The van der Waals surface area contributed by atoms with Gasteiger partial charge < -0.3 is 0 Å². The third-order valence-corrected chi connectivity index (χ3v) is 2.97. The highest BCUT2D eigenvalue weighted by molar-refractivity contribution is 5.85. The second-order valence-corrected chi connectivity index (χ2v) is 4.18. The van der Waals surface area contributed by atoms with Gasteiger partial charge in [0.1, 0.15) is 0 Å². The molecule has 0 aliphatic heterocycles. The molecular formula is C18H18. The summed E-state index contributed by atoms with van der Waals surface area (Å²) in [6.07, 6.45) is 5.17. The molecule has 0 N–H and O–H groups in total. The predicted octanol–water partition coefficient (Wildman–Crippen LogP) is 5.33. The minimum absolute atomic E-state index is 1.02. The highest BCUT2D eigenvalue weighted by Crippen LogP contribution is 2.29. The fourth-order valence-corrected chi connectivity index (χ4v) is 2.13. The van der Waals surface area contributed by atoms with Gasteiger partial charge in [0.2, 0.25) is 0 Å². The van der Waals surface area contributed by atoms with Crippen molar-refractivity contribution in [1.82, 2.24) is 0 Å². The quantitative estimate of drug-likeness (QED) is 0.627. The summed E-state index contributed by atoms with van der Waals surface area (Å²) in [5, 5.41) is 0. The summed E-state index contributed by atoms with van der Waals surface area (Å²) in [4.78, 5) is 0. The Kier molecular flexibility index (Phi) is 4.14. The Morgan fingerprint density at radius 1 is 1.00 bits per heavy atom. The van der Waals surface area contributed by atoms with Crippen LogP contribution in [0.2, 0.25) is 0 Å². The molecule has 0 unspecified atom stereocenters. The Balaban J connectivity index is 2.56. The maximum absolute atomic E-state index is 3.92. The van der Waals surface area contributed by atoms with Gasteiger partial charge in [-0.1, -0.05) is 80.3 Å². The molecule has 0 atom stereocenters. The lowest BCUT2D eigenvalue weighted by Gasteiger charge is -2.10. The topological polar surface area (TPSA) is 0 Å². The van der Waals surface area contributed by atoms with E-state index in [9.17, 15) is 0 Å². The Morgan fingerprint density at radius 3 is 2.33 bits per heavy atom. The van der Waals surface area contributed by atoms with E-state index in [1.54, 1.807) is 0 Å². The van der Waals surface area contributed by atoms with Crippen molar-refractivity contribution in [1.29, 1.82) is 0 Å². The highest BCUT2D eigenvalue weighted by atomic mass is 14.1. The average Bonchev–Trinajstić information content (AvgIpc) is 2.46. The number of rotatable bonds is 4. The molecule has 2 aromatic rings. The molecule has 0 nitrogen and oxygen atoms in total. The van der Waals surface area contributed by atoms with E-state index in [-0.39, 0.29) is 0 Å². The van der Waals surface area contributed by atoms with Crippen LogP contribution >= 0.6 is 0 Å². The van der Waals surface area contributed by atoms with Crippen LogP contribution in [0.4, 0.5) is 0 Å². The van der Waals surface area contributed by atoms with Crippen molar-refractivity contribution in [3.63, 3.8) is 0 Å². The molecule has 0 radical (unpaired) electrons. The molecule has 0 saturated heterocycles. The van der Waals surface area contributed by atoms with Crippen molar-refractivity contribution < 1.29 is 0 Å².